The molecule has 30 heavy (non-hydrogen) atoms. The van der Waals surface area contributed by atoms with E-state index in [1.807, 2.05) is 25.1 Å². The van der Waals surface area contributed by atoms with Gasteiger partial charge in [-0.3, -0.25) is 9.59 Å². The predicted octanol–water partition coefficient (Wildman–Crippen LogP) is 4.03. The third kappa shape index (κ3) is 6.92. The van der Waals surface area contributed by atoms with Crippen LogP contribution in [0, 0.1) is 6.92 Å². The maximum Gasteiger partial charge on any atom is 0.344 e. The number of carbonyl (C=O) groups excluding carboxylic acids is 3. The molecule has 2 aromatic rings. The van der Waals surface area contributed by atoms with Gasteiger partial charge in [-0.1, -0.05) is 26.0 Å². The van der Waals surface area contributed by atoms with Gasteiger partial charge in [0.15, 0.2) is 12.7 Å². The predicted molar refractivity (Wildman–Crippen MR) is 116 cm³/mol. The van der Waals surface area contributed by atoms with Crippen molar-refractivity contribution in [3.8, 4) is 5.75 Å². The zero-order valence-electron chi connectivity index (χ0n) is 17.9. The molecule has 0 saturated heterocycles. The first-order valence-electron chi connectivity index (χ1n) is 9.77. The number of anilines is 2. The van der Waals surface area contributed by atoms with Crippen LogP contribution in [0.15, 0.2) is 42.5 Å². The molecule has 0 aromatic heterocycles. The van der Waals surface area contributed by atoms with Crippen LogP contribution in [-0.4, -0.2) is 30.5 Å². The summed E-state index contributed by atoms with van der Waals surface area (Å²) in [6.07, 6.45) is -0.987. The summed E-state index contributed by atoms with van der Waals surface area (Å²) in [6, 6.07) is 12.5. The molecule has 2 rings (SSSR count). The standard InChI is InChI=1S/C23H28N2O5/c1-14(2)18-7-6-15(3)21(12-18)29-13-22(27)30-16(4)23(28)25-20-10-8-19(9-11-20)24-17(5)26/h6-12,14,16H,13H2,1-5H3,(H,24,26)(H,25,28)/t16-/m0/s1. The molecular formula is C23H28N2O5. The van der Waals surface area contributed by atoms with Crippen LogP contribution >= 0.6 is 0 Å². The smallest absolute Gasteiger partial charge is 0.344 e. The van der Waals surface area contributed by atoms with Crippen molar-refractivity contribution < 1.29 is 23.9 Å². The van der Waals surface area contributed by atoms with Gasteiger partial charge >= 0.3 is 5.97 Å². The Labute approximate surface area is 176 Å². The summed E-state index contributed by atoms with van der Waals surface area (Å²) in [4.78, 5) is 35.4. The highest BCUT2D eigenvalue weighted by Gasteiger charge is 2.19. The third-order valence-corrected chi connectivity index (χ3v) is 4.37. The molecule has 0 unspecified atom stereocenters. The molecule has 0 radical (unpaired) electrons. The number of aryl methyl sites for hydroxylation is 1. The molecule has 0 spiro atoms. The third-order valence-electron chi connectivity index (χ3n) is 4.37. The number of hydrogen-bond donors (Lipinski definition) is 2. The highest BCUT2D eigenvalue weighted by molar-refractivity contribution is 5.95. The molecule has 0 aliphatic rings. The van der Waals surface area contributed by atoms with Crippen LogP contribution in [0.25, 0.3) is 0 Å². The quantitative estimate of drug-likeness (QED) is 0.639. The molecule has 0 aliphatic carbocycles. The Hall–Kier alpha value is -3.35. The van der Waals surface area contributed by atoms with Crippen LogP contribution in [0.4, 0.5) is 11.4 Å². The molecule has 0 heterocycles. The van der Waals surface area contributed by atoms with E-state index in [0.717, 1.165) is 11.1 Å². The number of esters is 1. The molecular weight excluding hydrogens is 384 g/mol. The van der Waals surface area contributed by atoms with Gasteiger partial charge < -0.3 is 20.1 Å². The first-order chi connectivity index (χ1) is 14.2. The van der Waals surface area contributed by atoms with Gasteiger partial charge in [-0.05, 0) is 61.2 Å². The minimum Gasteiger partial charge on any atom is -0.482 e. The average Bonchev–Trinajstić information content (AvgIpc) is 2.68. The first kappa shape index (κ1) is 22.9. The normalized spacial score (nSPS) is 11.5. The number of amides is 2. The van der Waals surface area contributed by atoms with E-state index in [4.69, 9.17) is 9.47 Å². The number of ether oxygens (including phenoxy) is 2. The molecule has 160 valence electrons. The van der Waals surface area contributed by atoms with E-state index in [0.29, 0.717) is 23.0 Å². The molecule has 0 fully saturated rings. The second-order valence-corrected chi connectivity index (χ2v) is 7.35. The fraction of sp³-hybridized carbons (Fsp3) is 0.348. The van der Waals surface area contributed by atoms with Crippen LogP contribution in [0.5, 0.6) is 5.75 Å². The molecule has 0 bridgehead atoms. The fourth-order valence-electron chi connectivity index (χ4n) is 2.64. The van der Waals surface area contributed by atoms with Gasteiger partial charge in [0, 0.05) is 18.3 Å². The Morgan fingerprint density at radius 2 is 1.53 bits per heavy atom. The van der Waals surface area contributed by atoms with E-state index in [-0.39, 0.29) is 12.5 Å². The Morgan fingerprint density at radius 1 is 0.933 bits per heavy atom. The zero-order valence-corrected chi connectivity index (χ0v) is 17.9. The lowest BCUT2D eigenvalue weighted by Crippen LogP contribution is -2.31. The number of carbonyl (C=O) groups is 3. The zero-order chi connectivity index (χ0) is 22.3. The minimum absolute atomic E-state index is 0.180. The van der Waals surface area contributed by atoms with Gasteiger partial charge in [-0.25, -0.2) is 4.79 Å². The van der Waals surface area contributed by atoms with E-state index in [1.54, 1.807) is 24.3 Å². The van der Waals surface area contributed by atoms with Crippen LogP contribution in [0.2, 0.25) is 0 Å². The lowest BCUT2D eigenvalue weighted by molar-refractivity contribution is -0.155. The lowest BCUT2D eigenvalue weighted by atomic mass is 10.0. The second-order valence-electron chi connectivity index (χ2n) is 7.35. The van der Waals surface area contributed by atoms with Gasteiger partial charge in [0.05, 0.1) is 0 Å². The molecule has 1 atom stereocenters. The van der Waals surface area contributed by atoms with Gasteiger partial charge in [0.1, 0.15) is 5.75 Å². The molecule has 0 aliphatic heterocycles. The summed E-state index contributed by atoms with van der Waals surface area (Å²) in [7, 11) is 0. The van der Waals surface area contributed by atoms with Crippen LogP contribution in [0.1, 0.15) is 44.7 Å². The summed E-state index contributed by atoms with van der Waals surface area (Å²) >= 11 is 0. The van der Waals surface area contributed by atoms with Crippen molar-refractivity contribution >= 4 is 29.2 Å². The van der Waals surface area contributed by atoms with Crippen LogP contribution < -0.4 is 15.4 Å². The molecule has 7 heteroatoms. The summed E-state index contributed by atoms with van der Waals surface area (Å²) in [5, 5.41) is 5.30. The lowest BCUT2D eigenvalue weighted by Gasteiger charge is -2.15. The summed E-state index contributed by atoms with van der Waals surface area (Å²) in [6.45, 7) is 8.68. The molecule has 0 saturated carbocycles. The molecule has 2 amide bonds. The molecule has 2 N–H and O–H groups in total. The van der Waals surface area contributed by atoms with Crippen LogP contribution in [0.3, 0.4) is 0 Å². The monoisotopic (exact) mass is 412 g/mol. The molecule has 7 nitrogen and oxygen atoms in total. The Bertz CT molecular complexity index is 906. The minimum atomic E-state index is -0.987. The van der Waals surface area contributed by atoms with Crippen molar-refractivity contribution in [1.29, 1.82) is 0 Å². The maximum atomic E-state index is 12.3. The van der Waals surface area contributed by atoms with E-state index < -0.39 is 18.0 Å². The number of nitrogens with one attached hydrogen (secondary N) is 2. The SMILES string of the molecule is CC(=O)Nc1ccc(NC(=O)[C@H](C)OC(=O)COc2cc(C(C)C)ccc2C)cc1. The number of hydrogen-bond acceptors (Lipinski definition) is 5. The van der Waals surface area contributed by atoms with Crippen molar-refractivity contribution in [3.05, 3.63) is 53.6 Å². The van der Waals surface area contributed by atoms with Crippen molar-refractivity contribution in [2.24, 2.45) is 0 Å². The number of benzene rings is 2. The van der Waals surface area contributed by atoms with Gasteiger partial charge in [0.2, 0.25) is 5.91 Å². The van der Waals surface area contributed by atoms with Gasteiger partial charge in [-0.15, -0.1) is 0 Å². The number of rotatable bonds is 8. The topological polar surface area (TPSA) is 93.7 Å². The summed E-state index contributed by atoms with van der Waals surface area (Å²) in [5.41, 5.74) is 3.17. The highest BCUT2D eigenvalue weighted by atomic mass is 16.6. The fourth-order valence-corrected chi connectivity index (χ4v) is 2.64. The van der Waals surface area contributed by atoms with Crippen molar-refractivity contribution in [1.82, 2.24) is 0 Å². The van der Waals surface area contributed by atoms with E-state index >= 15 is 0 Å². The Morgan fingerprint density at radius 3 is 2.10 bits per heavy atom. The van der Waals surface area contributed by atoms with Crippen molar-refractivity contribution in [2.45, 2.75) is 46.6 Å². The largest absolute Gasteiger partial charge is 0.482 e. The van der Waals surface area contributed by atoms with Crippen molar-refractivity contribution in [2.75, 3.05) is 17.2 Å². The highest BCUT2D eigenvalue weighted by Crippen LogP contribution is 2.24. The van der Waals surface area contributed by atoms with E-state index in [9.17, 15) is 14.4 Å². The Balaban J connectivity index is 1.85. The summed E-state index contributed by atoms with van der Waals surface area (Å²) in [5.74, 6) is -0.312. The maximum absolute atomic E-state index is 12.3. The second kappa shape index (κ2) is 10.4. The van der Waals surface area contributed by atoms with Crippen LogP contribution in [-0.2, 0) is 19.1 Å². The summed E-state index contributed by atoms with van der Waals surface area (Å²) < 4.78 is 10.8. The first-order valence-corrected chi connectivity index (χ1v) is 9.77. The van der Waals surface area contributed by atoms with Gasteiger partial charge in [0.25, 0.3) is 5.91 Å². The van der Waals surface area contributed by atoms with Crippen molar-refractivity contribution in [3.63, 3.8) is 0 Å². The average molecular weight is 412 g/mol. The Kier molecular flexibility index (Phi) is 7.98. The van der Waals surface area contributed by atoms with E-state index in [1.165, 1.54) is 13.8 Å². The van der Waals surface area contributed by atoms with E-state index in [2.05, 4.69) is 24.5 Å². The van der Waals surface area contributed by atoms with Gasteiger partial charge in [-0.2, -0.15) is 0 Å². The molecule has 2 aromatic carbocycles.